The first kappa shape index (κ1) is 14.8. The highest BCUT2D eigenvalue weighted by Gasteiger charge is 2.20. The predicted molar refractivity (Wildman–Crippen MR) is 88.5 cm³/mol. The summed E-state index contributed by atoms with van der Waals surface area (Å²) < 4.78 is 25.7. The van der Waals surface area contributed by atoms with E-state index in [1.54, 1.807) is 6.20 Å². The van der Waals surface area contributed by atoms with Crippen LogP contribution in [0.4, 0.5) is 11.4 Å². The van der Waals surface area contributed by atoms with Crippen molar-refractivity contribution in [2.45, 2.75) is 19.4 Å². The highest BCUT2D eigenvalue weighted by Crippen LogP contribution is 2.33. The van der Waals surface area contributed by atoms with E-state index in [4.69, 9.17) is 0 Å². The Morgan fingerprint density at radius 3 is 2.82 bits per heavy atom. The molecule has 3 rings (SSSR count). The second-order valence-electron chi connectivity index (χ2n) is 5.52. The van der Waals surface area contributed by atoms with Gasteiger partial charge in [-0.2, -0.15) is 0 Å². The molecule has 1 aliphatic rings. The van der Waals surface area contributed by atoms with E-state index in [0.29, 0.717) is 5.69 Å². The highest BCUT2D eigenvalue weighted by molar-refractivity contribution is 7.92. The summed E-state index contributed by atoms with van der Waals surface area (Å²) in [4.78, 5) is 6.63. The smallest absolute Gasteiger partial charge is 0.229 e. The van der Waals surface area contributed by atoms with Crippen molar-refractivity contribution in [3.8, 4) is 0 Å². The van der Waals surface area contributed by atoms with E-state index in [2.05, 4.69) is 14.6 Å². The fourth-order valence-corrected chi connectivity index (χ4v) is 3.44. The van der Waals surface area contributed by atoms with Gasteiger partial charge in [-0.05, 0) is 42.7 Å². The van der Waals surface area contributed by atoms with Crippen LogP contribution in [0.5, 0.6) is 0 Å². The van der Waals surface area contributed by atoms with Crippen LogP contribution in [0.3, 0.4) is 0 Å². The van der Waals surface area contributed by atoms with Gasteiger partial charge in [0.1, 0.15) is 0 Å². The zero-order chi connectivity index (χ0) is 15.6. The van der Waals surface area contributed by atoms with Gasteiger partial charge in [0.05, 0.1) is 24.2 Å². The third-order valence-electron chi connectivity index (χ3n) is 3.72. The summed E-state index contributed by atoms with van der Waals surface area (Å²) in [5, 5.41) is 0. The molecule has 0 amide bonds. The van der Waals surface area contributed by atoms with Crippen molar-refractivity contribution >= 4 is 21.4 Å². The van der Waals surface area contributed by atoms with E-state index < -0.39 is 10.0 Å². The molecule has 0 spiro atoms. The summed E-state index contributed by atoms with van der Waals surface area (Å²) in [5.74, 6) is 0. The summed E-state index contributed by atoms with van der Waals surface area (Å²) in [6, 6.07) is 11.7. The van der Waals surface area contributed by atoms with Crippen LogP contribution in [-0.4, -0.2) is 26.2 Å². The van der Waals surface area contributed by atoms with Gasteiger partial charge in [-0.25, -0.2) is 8.42 Å². The zero-order valence-corrected chi connectivity index (χ0v) is 13.3. The van der Waals surface area contributed by atoms with Crippen molar-refractivity contribution in [2.75, 3.05) is 22.4 Å². The molecule has 0 aliphatic carbocycles. The second kappa shape index (κ2) is 5.96. The number of nitrogens with zero attached hydrogens (tertiary/aromatic N) is 2. The van der Waals surface area contributed by atoms with Crippen molar-refractivity contribution in [1.82, 2.24) is 4.98 Å². The number of aromatic nitrogens is 1. The van der Waals surface area contributed by atoms with Gasteiger partial charge >= 0.3 is 0 Å². The molecule has 1 aromatic carbocycles. The van der Waals surface area contributed by atoms with E-state index in [1.165, 1.54) is 6.26 Å². The summed E-state index contributed by atoms with van der Waals surface area (Å²) >= 11 is 0. The molecule has 5 nitrogen and oxygen atoms in total. The van der Waals surface area contributed by atoms with Gasteiger partial charge in [0.15, 0.2) is 0 Å². The van der Waals surface area contributed by atoms with Gasteiger partial charge in [-0.15, -0.1) is 0 Å². The Balaban J connectivity index is 1.92. The molecule has 0 bridgehead atoms. The molecule has 22 heavy (non-hydrogen) atoms. The molecule has 1 N–H and O–H groups in total. The third-order valence-corrected chi connectivity index (χ3v) is 4.31. The molecule has 1 aliphatic heterocycles. The van der Waals surface area contributed by atoms with Crippen LogP contribution < -0.4 is 9.62 Å². The first-order valence-electron chi connectivity index (χ1n) is 7.27. The lowest BCUT2D eigenvalue weighted by Crippen LogP contribution is -2.29. The Morgan fingerprint density at radius 1 is 1.23 bits per heavy atom. The van der Waals surface area contributed by atoms with Crippen molar-refractivity contribution in [2.24, 2.45) is 0 Å². The van der Waals surface area contributed by atoms with Crippen molar-refractivity contribution in [3.63, 3.8) is 0 Å². The zero-order valence-electron chi connectivity index (χ0n) is 12.5. The minimum absolute atomic E-state index is 0.686. The number of pyridine rings is 1. The number of anilines is 2. The van der Waals surface area contributed by atoms with Crippen LogP contribution in [0.25, 0.3) is 0 Å². The fraction of sp³-hybridized carbons (Fsp3) is 0.312. The van der Waals surface area contributed by atoms with Gasteiger partial charge < -0.3 is 4.90 Å². The average molecular weight is 317 g/mol. The molecule has 0 radical (unpaired) electrons. The first-order chi connectivity index (χ1) is 10.5. The lowest BCUT2D eigenvalue weighted by atomic mass is 10.00. The Labute approximate surface area is 131 Å². The molecular weight excluding hydrogens is 298 g/mol. The quantitative estimate of drug-likeness (QED) is 0.940. The topological polar surface area (TPSA) is 62.3 Å². The molecular formula is C16H19N3O2S. The maximum Gasteiger partial charge on any atom is 0.229 e. The van der Waals surface area contributed by atoms with Gasteiger partial charge in [-0.3, -0.25) is 9.71 Å². The molecule has 0 saturated carbocycles. The van der Waals surface area contributed by atoms with Crippen molar-refractivity contribution in [3.05, 3.63) is 53.9 Å². The Morgan fingerprint density at radius 2 is 2.09 bits per heavy atom. The minimum atomic E-state index is -3.27. The number of fused-ring (bicyclic) bond motifs is 1. The monoisotopic (exact) mass is 317 g/mol. The molecule has 0 unspecified atom stereocenters. The standard InChI is InChI=1S/C16H19N3O2S/c1-22(20,21)18-15-8-4-9-16-14(15)7-5-11-19(16)12-13-6-2-3-10-17-13/h2-4,6,8-10,18H,5,7,11-12H2,1H3. The molecule has 6 heteroatoms. The maximum atomic E-state index is 11.5. The lowest BCUT2D eigenvalue weighted by Gasteiger charge is -2.32. The van der Waals surface area contributed by atoms with Crippen LogP contribution in [0, 0.1) is 0 Å². The first-order valence-corrected chi connectivity index (χ1v) is 9.16. The summed E-state index contributed by atoms with van der Waals surface area (Å²) in [7, 11) is -3.27. The summed E-state index contributed by atoms with van der Waals surface area (Å²) in [6.45, 7) is 1.68. The van der Waals surface area contributed by atoms with Crippen LogP contribution in [0.1, 0.15) is 17.7 Å². The summed E-state index contributed by atoms with van der Waals surface area (Å²) in [6.07, 6.45) is 4.86. The van der Waals surface area contributed by atoms with Crippen LogP contribution in [-0.2, 0) is 23.0 Å². The minimum Gasteiger partial charge on any atom is -0.365 e. The molecule has 2 heterocycles. The van der Waals surface area contributed by atoms with E-state index >= 15 is 0 Å². The van der Waals surface area contributed by atoms with E-state index in [9.17, 15) is 8.42 Å². The van der Waals surface area contributed by atoms with Crippen molar-refractivity contribution in [1.29, 1.82) is 0 Å². The van der Waals surface area contributed by atoms with E-state index in [-0.39, 0.29) is 0 Å². The SMILES string of the molecule is CS(=O)(=O)Nc1cccc2c1CCCN2Cc1ccccn1. The molecule has 116 valence electrons. The highest BCUT2D eigenvalue weighted by atomic mass is 32.2. The van der Waals surface area contributed by atoms with Crippen LogP contribution >= 0.6 is 0 Å². The molecule has 0 fully saturated rings. The van der Waals surface area contributed by atoms with Crippen molar-refractivity contribution < 1.29 is 8.42 Å². The number of nitrogens with one attached hydrogen (secondary N) is 1. The Hall–Kier alpha value is -2.08. The maximum absolute atomic E-state index is 11.5. The number of rotatable bonds is 4. The molecule has 1 aromatic heterocycles. The predicted octanol–water partition coefficient (Wildman–Crippen LogP) is 2.41. The molecule has 0 saturated heterocycles. The van der Waals surface area contributed by atoms with E-state index in [1.807, 2.05) is 36.4 Å². The number of sulfonamides is 1. The number of hydrogen-bond donors (Lipinski definition) is 1. The largest absolute Gasteiger partial charge is 0.365 e. The normalized spacial score (nSPS) is 14.5. The van der Waals surface area contributed by atoms with Gasteiger partial charge in [0.25, 0.3) is 0 Å². The van der Waals surface area contributed by atoms with Gasteiger partial charge in [0.2, 0.25) is 10.0 Å². The number of benzene rings is 1. The van der Waals surface area contributed by atoms with E-state index in [0.717, 1.165) is 42.9 Å². The van der Waals surface area contributed by atoms with Crippen LogP contribution in [0.2, 0.25) is 0 Å². The Bertz CT molecular complexity index is 760. The summed E-state index contributed by atoms with van der Waals surface area (Å²) in [5.41, 5.74) is 3.85. The Kier molecular flexibility index (Phi) is 4.02. The van der Waals surface area contributed by atoms with Crippen LogP contribution in [0.15, 0.2) is 42.6 Å². The average Bonchev–Trinajstić information content (AvgIpc) is 2.48. The second-order valence-corrected chi connectivity index (χ2v) is 7.27. The van der Waals surface area contributed by atoms with Gasteiger partial charge in [-0.1, -0.05) is 12.1 Å². The fourth-order valence-electron chi connectivity index (χ4n) is 2.85. The number of hydrogen-bond acceptors (Lipinski definition) is 4. The molecule has 0 atom stereocenters. The third kappa shape index (κ3) is 3.39. The lowest BCUT2D eigenvalue weighted by molar-refractivity contribution is 0.606. The molecule has 2 aromatic rings. The van der Waals surface area contributed by atoms with Gasteiger partial charge in [0, 0.05) is 18.4 Å².